The van der Waals surface area contributed by atoms with Crippen molar-refractivity contribution in [2.24, 2.45) is 17.8 Å². The zero-order valence-electron chi connectivity index (χ0n) is 12.9. The second kappa shape index (κ2) is 8.54. The van der Waals surface area contributed by atoms with Crippen LogP contribution in [0, 0.1) is 17.8 Å². The molecule has 0 heterocycles. The van der Waals surface area contributed by atoms with Crippen LogP contribution in [0.3, 0.4) is 0 Å². The summed E-state index contributed by atoms with van der Waals surface area (Å²) >= 11 is 0. The number of carbonyl (C=O) groups excluding carboxylic acids is 1. The number of fused-ring (bicyclic) bond motifs is 1. The normalized spacial score (nSPS) is 27.7. The van der Waals surface area contributed by atoms with E-state index >= 15 is 0 Å². The molecule has 3 unspecified atom stereocenters. The second-order valence-corrected chi connectivity index (χ2v) is 6.40. The van der Waals surface area contributed by atoms with E-state index in [1.807, 2.05) is 36.4 Å². The Hall–Kier alpha value is -1.06. The summed E-state index contributed by atoms with van der Waals surface area (Å²) in [5, 5.41) is 0. The summed E-state index contributed by atoms with van der Waals surface area (Å²) in [4.78, 5) is 12.4. The largest absolute Gasteiger partial charge is 0.434 e. The molecule has 3 rings (SSSR count). The fourth-order valence-electron chi connectivity index (χ4n) is 4.06. The first-order chi connectivity index (χ1) is 10.3. The van der Waals surface area contributed by atoms with Crippen LogP contribution in [-0.4, -0.2) is 5.97 Å². The Labute approximate surface area is 143 Å². The number of rotatable bonds is 3. The van der Waals surface area contributed by atoms with Crippen LogP contribution in [-0.2, 0) is 26.3 Å². The molecule has 0 aliphatic heterocycles. The number of carbonyl (C=O) groups is 1. The van der Waals surface area contributed by atoms with Crippen LogP contribution in [0.1, 0.15) is 50.5 Å². The Bertz CT molecular complexity index is 495. The van der Waals surface area contributed by atoms with Crippen molar-refractivity contribution in [1.82, 2.24) is 0 Å². The zero-order valence-corrected chi connectivity index (χ0v) is 13.9. The van der Waals surface area contributed by atoms with E-state index in [4.69, 9.17) is 4.74 Å². The van der Waals surface area contributed by atoms with Gasteiger partial charge in [0.25, 0.3) is 0 Å². The van der Waals surface area contributed by atoms with Gasteiger partial charge in [-0.05, 0) is 36.3 Å². The molecular formula is C19H24CoO2. The van der Waals surface area contributed by atoms with Crippen molar-refractivity contribution >= 4 is 12.0 Å². The Morgan fingerprint density at radius 1 is 1.00 bits per heavy atom. The van der Waals surface area contributed by atoms with Gasteiger partial charge in [0.05, 0.1) is 12.2 Å². The van der Waals surface area contributed by atoms with E-state index in [1.54, 1.807) is 6.26 Å². The molecule has 121 valence electrons. The quantitative estimate of drug-likeness (QED) is 0.582. The van der Waals surface area contributed by atoms with Crippen molar-refractivity contribution in [3.8, 4) is 0 Å². The number of hydrogen-bond acceptors (Lipinski definition) is 2. The molecule has 0 bridgehead atoms. The smallest absolute Gasteiger partial charge is 0.314 e. The number of benzene rings is 1. The minimum Gasteiger partial charge on any atom is -0.434 e. The molecule has 3 heteroatoms. The average molecular weight is 343 g/mol. The summed E-state index contributed by atoms with van der Waals surface area (Å²) in [6.45, 7) is 0. The van der Waals surface area contributed by atoms with Gasteiger partial charge in [0.2, 0.25) is 0 Å². The predicted octanol–water partition coefficient (Wildman–Crippen LogP) is 4.80. The predicted molar refractivity (Wildman–Crippen MR) is 84.4 cm³/mol. The van der Waals surface area contributed by atoms with Crippen LogP contribution in [0.5, 0.6) is 0 Å². The molecule has 0 saturated heterocycles. The molecule has 2 nitrogen and oxygen atoms in total. The molecule has 2 fully saturated rings. The average Bonchev–Trinajstić information content (AvgIpc) is 2.55. The third-order valence-corrected chi connectivity index (χ3v) is 5.12. The third kappa shape index (κ3) is 4.23. The van der Waals surface area contributed by atoms with Crippen LogP contribution < -0.4 is 0 Å². The van der Waals surface area contributed by atoms with Crippen molar-refractivity contribution in [2.75, 3.05) is 0 Å². The van der Waals surface area contributed by atoms with Crippen molar-refractivity contribution in [3.63, 3.8) is 0 Å². The van der Waals surface area contributed by atoms with Gasteiger partial charge in [-0.1, -0.05) is 62.4 Å². The summed E-state index contributed by atoms with van der Waals surface area (Å²) in [5.74, 6) is 1.46. The van der Waals surface area contributed by atoms with Gasteiger partial charge in [0, 0.05) is 16.8 Å². The van der Waals surface area contributed by atoms with Crippen molar-refractivity contribution in [3.05, 3.63) is 42.2 Å². The molecule has 1 radical (unpaired) electrons. The number of esters is 1. The van der Waals surface area contributed by atoms with Crippen molar-refractivity contribution in [1.29, 1.82) is 0 Å². The van der Waals surface area contributed by atoms with Gasteiger partial charge >= 0.3 is 5.97 Å². The molecule has 2 aliphatic carbocycles. The molecule has 22 heavy (non-hydrogen) atoms. The maximum atomic E-state index is 12.4. The first-order valence-electron chi connectivity index (χ1n) is 8.26. The Morgan fingerprint density at radius 3 is 2.55 bits per heavy atom. The monoisotopic (exact) mass is 343 g/mol. The summed E-state index contributed by atoms with van der Waals surface area (Å²) in [6.07, 6.45) is 12.1. The fraction of sp³-hybridized carbons (Fsp3) is 0.526. The van der Waals surface area contributed by atoms with Gasteiger partial charge in [-0.3, -0.25) is 4.79 Å². The molecule has 1 aromatic carbocycles. The van der Waals surface area contributed by atoms with Crippen molar-refractivity contribution < 1.29 is 26.3 Å². The van der Waals surface area contributed by atoms with Gasteiger partial charge in [-0.2, -0.15) is 0 Å². The summed E-state index contributed by atoms with van der Waals surface area (Å²) in [5.41, 5.74) is 1.06. The summed E-state index contributed by atoms with van der Waals surface area (Å²) < 4.78 is 5.41. The van der Waals surface area contributed by atoms with E-state index in [9.17, 15) is 4.79 Å². The Kier molecular flexibility index (Phi) is 6.71. The second-order valence-electron chi connectivity index (χ2n) is 6.40. The molecule has 2 saturated carbocycles. The standard InChI is InChI=1S/C19H24O2.Co/c20-19(21-14-13-15-7-2-1-3-8-15)18-12-6-10-16-9-4-5-11-17(16)18;/h1-3,7-8,13-14,16-18H,4-6,9-12H2;. The number of hydrogen-bond donors (Lipinski definition) is 0. The van der Waals surface area contributed by atoms with E-state index in [-0.39, 0.29) is 28.7 Å². The molecule has 0 N–H and O–H groups in total. The molecule has 1 aromatic rings. The molecule has 0 amide bonds. The first-order valence-corrected chi connectivity index (χ1v) is 8.26. The van der Waals surface area contributed by atoms with Crippen LogP contribution in [0.2, 0.25) is 0 Å². The SMILES string of the molecule is O=C(OC=Cc1ccccc1)C1CCCC2CCCCC21.[Co]. The van der Waals surface area contributed by atoms with Gasteiger partial charge in [0.1, 0.15) is 0 Å². The Morgan fingerprint density at radius 2 is 1.73 bits per heavy atom. The van der Waals surface area contributed by atoms with Crippen LogP contribution in [0.25, 0.3) is 6.08 Å². The van der Waals surface area contributed by atoms with E-state index in [0.29, 0.717) is 5.92 Å². The fourth-order valence-corrected chi connectivity index (χ4v) is 4.06. The van der Waals surface area contributed by atoms with E-state index in [2.05, 4.69) is 0 Å². The van der Waals surface area contributed by atoms with Crippen LogP contribution in [0.4, 0.5) is 0 Å². The van der Waals surface area contributed by atoms with Crippen LogP contribution in [0.15, 0.2) is 36.6 Å². The van der Waals surface area contributed by atoms with Gasteiger partial charge in [-0.15, -0.1) is 0 Å². The minimum atomic E-state index is -0.0150. The van der Waals surface area contributed by atoms with Gasteiger partial charge < -0.3 is 4.74 Å². The van der Waals surface area contributed by atoms with Crippen molar-refractivity contribution in [2.45, 2.75) is 44.9 Å². The topological polar surface area (TPSA) is 26.3 Å². The van der Waals surface area contributed by atoms with Gasteiger partial charge in [0.15, 0.2) is 0 Å². The number of ether oxygens (including phenoxy) is 1. The van der Waals surface area contributed by atoms with E-state index in [1.165, 1.54) is 38.5 Å². The maximum absolute atomic E-state index is 12.4. The van der Waals surface area contributed by atoms with Gasteiger partial charge in [-0.25, -0.2) is 0 Å². The third-order valence-electron chi connectivity index (χ3n) is 5.12. The molecule has 3 atom stereocenters. The molecular weight excluding hydrogens is 319 g/mol. The summed E-state index contributed by atoms with van der Waals surface area (Å²) in [6, 6.07) is 9.95. The zero-order chi connectivity index (χ0) is 14.5. The molecule has 0 aromatic heterocycles. The van der Waals surface area contributed by atoms with E-state index in [0.717, 1.165) is 17.9 Å². The first kappa shape index (κ1) is 17.3. The van der Waals surface area contributed by atoms with Crippen LogP contribution >= 0.6 is 0 Å². The summed E-state index contributed by atoms with van der Waals surface area (Å²) in [7, 11) is 0. The Balaban J connectivity index is 0.00000176. The molecule has 0 spiro atoms. The van der Waals surface area contributed by atoms with E-state index < -0.39 is 0 Å². The maximum Gasteiger partial charge on any atom is 0.314 e. The minimum absolute atomic E-state index is 0. The molecule has 2 aliphatic rings.